The number of nitrogens with one attached hydrogen (secondary N) is 1. The van der Waals surface area contributed by atoms with Gasteiger partial charge in [-0.3, -0.25) is 0 Å². The molecule has 0 spiro atoms. The summed E-state index contributed by atoms with van der Waals surface area (Å²) in [5.74, 6) is 2.96. The van der Waals surface area contributed by atoms with Gasteiger partial charge in [0.15, 0.2) is 0 Å². The van der Waals surface area contributed by atoms with Crippen LogP contribution in [0.5, 0.6) is 5.75 Å². The zero-order valence-corrected chi connectivity index (χ0v) is 11.7. The van der Waals surface area contributed by atoms with Gasteiger partial charge in [-0.2, -0.15) is 9.97 Å². The maximum absolute atomic E-state index is 5.24. The molecule has 5 nitrogen and oxygen atoms in total. The summed E-state index contributed by atoms with van der Waals surface area (Å²) in [6, 6.07) is 5.87. The van der Waals surface area contributed by atoms with Crippen molar-refractivity contribution in [1.29, 1.82) is 0 Å². The van der Waals surface area contributed by atoms with Crippen molar-refractivity contribution < 1.29 is 4.74 Å². The van der Waals surface area contributed by atoms with Crippen molar-refractivity contribution in [2.75, 3.05) is 12.4 Å². The van der Waals surface area contributed by atoms with Crippen LogP contribution in [0.2, 0.25) is 0 Å². The average Bonchev–Trinajstić information content (AvgIpc) is 2.38. The topological polar surface area (TPSA) is 59.9 Å². The molecule has 100 valence electrons. The Balaban J connectivity index is 2.25. The van der Waals surface area contributed by atoms with E-state index in [1.165, 1.54) is 0 Å². The predicted octanol–water partition coefficient (Wildman–Crippen LogP) is 2.80. The third-order valence-corrected chi connectivity index (χ3v) is 2.76. The van der Waals surface area contributed by atoms with E-state index in [4.69, 9.17) is 4.74 Å². The molecule has 0 aliphatic carbocycles. The van der Waals surface area contributed by atoms with Gasteiger partial charge in [-0.05, 0) is 37.6 Å². The molecular formula is C14H18N4O. The molecule has 0 radical (unpaired) electrons. The fourth-order valence-electron chi connectivity index (χ4n) is 1.84. The number of ether oxygens (including phenoxy) is 1. The first-order valence-electron chi connectivity index (χ1n) is 6.25. The maximum atomic E-state index is 5.24. The van der Waals surface area contributed by atoms with Crippen molar-refractivity contribution in [3.8, 4) is 5.75 Å². The van der Waals surface area contributed by atoms with Gasteiger partial charge >= 0.3 is 0 Å². The van der Waals surface area contributed by atoms with Crippen LogP contribution in [-0.4, -0.2) is 22.1 Å². The first-order valence-corrected chi connectivity index (χ1v) is 6.25. The van der Waals surface area contributed by atoms with Crippen LogP contribution < -0.4 is 10.1 Å². The van der Waals surface area contributed by atoms with Crippen molar-refractivity contribution in [2.45, 2.75) is 27.2 Å². The van der Waals surface area contributed by atoms with Crippen LogP contribution in [0.25, 0.3) is 0 Å². The number of nitrogens with zero attached hydrogens (tertiary/aromatic N) is 3. The SMILES string of the molecule is CCc1nc(C)nc(Nc2ccc(OC)c(C)c2)n1. The van der Waals surface area contributed by atoms with E-state index in [9.17, 15) is 0 Å². The van der Waals surface area contributed by atoms with E-state index in [-0.39, 0.29) is 0 Å². The second-order valence-electron chi connectivity index (χ2n) is 4.29. The lowest BCUT2D eigenvalue weighted by atomic mass is 10.2. The number of methoxy groups -OCH3 is 1. The Labute approximate surface area is 113 Å². The highest BCUT2D eigenvalue weighted by Crippen LogP contribution is 2.22. The molecule has 2 rings (SSSR count). The van der Waals surface area contributed by atoms with Crippen LogP contribution >= 0.6 is 0 Å². The summed E-state index contributed by atoms with van der Waals surface area (Å²) < 4.78 is 5.24. The van der Waals surface area contributed by atoms with Gasteiger partial charge in [-0.1, -0.05) is 6.92 Å². The monoisotopic (exact) mass is 258 g/mol. The van der Waals surface area contributed by atoms with E-state index in [0.717, 1.165) is 35.1 Å². The zero-order chi connectivity index (χ0) is 13.8. The van der Waals surface area contributed by atoms with Gasteiger partial charge in [0.2, 0.25) is 5.95 Å². The number of aromatic nitrogens is 3. The Morgan fingerprint density at radius 1 is 1.16 bits per heavy atom. The summed E-state index contributed by atoms with van der Waals surface area (Å²) in [6.07, 6.45) is 0.791. The summed E-state index contributed by atoms with van der Waals surface area (Å²) in [6.45, 7) is 5.89. The Morgan fingerprint density at radius 2 is 1.95 bits per heavy atom. The first kappa shape index (κ1) is 13.3. The molecule has 2 aromatic rings. The smallest absolute Gasteiger partial charge is 0.230 e. The molecule has 0 saturated carbocycles. The molecule has 0 bridgehead atoms. The number of anilines is 2. The van der Waals surface area contributed by atoms with Crippen molar-refractivity contribution in [2.24, 2.45) is 0 Å². The van der Waals surface area contributed by atoms with Gasteiger partial charge in [-0.15, -0.1) is 0 Å². The molecule has 0 unspecified atom stereocenters. The second-order valence-corrected chi connectivity index (χ2v) is 4.29. The minimum atomic E-state index is 0.578. The summed E-state index contributed by atoms with van der Waals surface area (Å²) in [5.41, 5.74) is 2.00. The third kappa shape index (κ3) is 3.19. The number of aryl methyl sites for hydroxylation is 3. The Bertz CT molecular complexity index is 584. The van der Waals surface area contributed by atoms with E-state index in [0.29, 0.717) is 5.95 Å². The maximum Gasteiger partial charge on any atom is 0.230 e. The highest BCUT2D eigenvalue weighted by atomic mass is 16.5. The normalized spacial score (nSPS) is 10.3. The molecule has 0 saturated heterocycles. The molecule has 0 atom stereocenters. The van der Waals surface area contributed by atoms with E-state index in [1.54, 1.807) is 7.11 Å². The molecule has 0 fully saturated rings. The summed E-state index contributed by atoms with van der Waals surface area (Å²) >= 11 is 0. The number of hydrogen-bond donors (Lipinski definition) is 1. The minimum absolute atomic E-state index is 0.578. The van der Waals surface area contributed by atoms with Crippen LogP contribution in [0.1, 0.15) is 24.1 Å². The molecule has 0 aliphatic rings. The Hall–Kier alpha value is -2.17. The first-order chi connectivity index (χ1) is 9.12. The highest BCUT2D eigenvalue weighted by molar-refractivity contribution is 5.57. The van der Waals surface area contributed by atoms with Gasteiger partial charge in [0, 0.05) is 12.1 Å². The molecule has 1 N–H and O–H groups in total. The van der Waals surface area contributed by atoms with Gasteiger partial charge < -0.3 is 10.1 Å². The number of rotatable bonds is 4. The van der Waals surface area contributed by atoms with Crippen LogP contribution in [0.4, 0.5) is 11.6 Å². The number of hydrogen-bond acceptors (Lipinski definition) is 5. The van der Waals surface area contributed by atoms with Crippen LogP contribution in [0.3, 0.4) is 0 Å². The third-order valence-electron chi connectivity index (χ3n) is 2.76. The van der Waals surface area contributed by atoms with Crippen LogP contribution in [-0.2, 0) is 6.42 Å². The summed E-state index contributed by atoms with van der Waals surface area (Å²) in [4.78, 5) is 12.9. The van der Waals surface area contributed by atoms with E-state index in [2.05, 4.69) is 20.3 Å². The zero-order valence-electron chi connectivity index (χ0n) is 11.7. The fourth-order valence-corrected chi connectivity index (χ4v) is 1.84. The van der Waals surface area contributed by atoms with Gasteiger partial charge in [0.25, 0.3) is 0 Å². The lowest BCUT2D eigenvalue weighted by molar-refractivity contribution is 0.412. The minimum Gasteiger partial charge on any atom is -0.496 e. The molecule has 1 aromatic carbocycles. The van der Waals surface area contributed by atoms with Crippen molar-refractivity contribution in [1.82, 2.24) is 15.0 Å². The van der Waals surface area contributed by atoms with Crippen LogP contribution in [0.15, 0.2) is 18.2 Å². The van der Waals surface area contributed by atoms with Crippen molar-refractivity contribution in [3.63, 3.8) is 0 Å². The van der Waals surface area contributed by atoms with E-state index >= 15 is 0 Å². The largest absolute Gasteiger partial charge is 0.496 e. The second kappa shape index (κ2) is 5.65. The lowest BCUT2D eigenvalue weighted by Crippen LogP contribution is -2.04. The Kier molecular flexibility index (Phi) is 3.94. The lowest BCUT2D eigenvalue weighted by Gasteiger charge is -2.09. The highest BCUT2D eigenvalue weighted by Gasteiger charge is 2.04. The van der Waals surface area contributed by atoms with Crippen molar-refractivity contribution in [3.05, 3.63) is 35.4 Å². The van der Waals surface area contributed by atoms with Gasteiger partial charge in [0.1, 0.15) is 17.4 Å². The van der Waals surface area contributed by atoms with Crippen molar-refractivity contribution >= 4 is 11.6 Å². The van der Waals surface area contributed by atoms with Gasteiger partial charge in [0.05, 0.1) is 7.11 Å². The molecule has 5 heteroatoms. The number of benzene rings is 1. The summed E-state index contributed by atoms with van der Waals surface area (Å²) in [7, 11) is 1.66. The van der Waals surface area contributed by atoms with Gasteiger partial charge in [-0.25, -0.2) is 4.98 Å². The molecular weight excluding hydrogens is 240 g/mol. The molecule has 0 amide bonds. The van der Waals surface area contributed by atoms with E-state index in [1.807, 2.05) is 39.0 Å². The van der Waals surface area contributed by atoms with E-state index < -0.39 is 0 Å². The Morgan fingerprint density at radius 3 is 2.58 bits per heavy atom. The quantitative estimate of drug-likeness (QED) is 0.913. The predicted molar refractivity (Wildman–Crippen MR) is 75.0 cm³/mol. The average molecular weight is 258 g/mol. The molecule has 1 heterocycles. The molecule has 19 heavy (non-hydrogen) atoms. The summed E-state index contributed by atoms with van der Waals surface area (Å²) in [5, 5.41) is 3.19. The fraction of sp³-hybridized carbons (Fsp3) is 0.357. The molecule has 0 aliphatic heterocycles. The molecule has 1 aromatic heterocycles. The van der Waals surface area contributed by atoms with Crippen LogP contribution in [0, 0.1) is 13.8 Å². The standard InChI is InChI=1S/C14H18N4O/c1-5-13-15-10(3)16-14(18-13)17-11-6-7-12(19-4)9(2)8-11/h6-8H,5H2,1-4H3,(H,15,16,17,18).